The van der Waals surface area contributed by atoms with E-state index in [0.29, 0.717) is 6.42 Å². The fourth-order valence-electron chi connectivity index (χ4n) is 3.30. The van der Waals surface area contributed by atoms with Crippen LogP contribution in [-0.2, 0) is 4.79 Å². The summed E-state index contributed by atoms with van der Waals surface area (Å²) in [6, 6.07) is 7.98. The van der Waals surface area contributed by atoms with Crippen molar-refractivity contribution in [3.05, 3.63) is 36.4 Å². The highest BCUT2D eigenvalue weighted by Crippen LogP contribution is 2.43. The lowest BCUT2D eigenvalue weighted by atomic mass is 9.93. The number of allylic oxidation sites excluding steroid dienone is 2. The summed E-state index contributed by atoms with van der Waals surface area (Å²) in [4.78, 5) is 11.3. The van der Waals surface area contributed by atoms with Gasteiger partial charge in [-0.2, -0.15) is 0 Å². The van der Waals surface area contributed by atoms with Crippen molar-refractivity contribution in [3.63, 3.8) is 0 Å². The van der Waals surface area contributed by atoms with Gasteiger partial charge in [0, 0.05) is 24.3 Å². The summed E-state index contributed by atoms with van der Waals surface area (Å²) in [7, 11) is 0. The molecule has 2 N–H and O–H groups in total. The predicted octanol–water partition coefficient (Wildman–Crippen LogP) is 3.66. The average Bonchev–Trinajstić information content (AvgIpc) is 3.09. The number of rotatable bonds is 5. The van der Waals surface area contributed by atoms with Crippen LogP contribution >= 0.6 is 0 Å². The van der Waals surface area contributed by atoms with Gasteiger partial charge < -0.3 is 10.6 Å². The van der Waals surface area contributed by atoms with Crippen LogP contribution in [0.5, 0.6) is 0 Å². The lowest BCUT2D eigenvalue weighted by Crippen LogP contribution is -2.18. The van der Waals surface area contributed by atoms with Crippen molar-refractivity contribution < 1.29 is 4.79 Å². The highest BCUT2D eigenvalue weighted by molar-refractivity contribution is 5.90. The second kappa shape index (κ2) is 5.70. The molecule has 0 spiro atoms. The molecule has 0 aliphatic heterocycles. The van der Waals surface area contributed by atoms with Gasteiger partial charge in [0.15, 0.2) is 0 Å². The molecule has 1 fully saturated rings. The molecule has 1 aromatic carbocycles. The van der Waals surface area contributed by atoms with Crippen molar-refractivity contribution in [3.8, 4) is 0 Å². The first kappa shape index (κ1) is 13.2. The minimum atomic E-state index is 0.0551. The highest BCUT2D eigenvalue weighted by atomic mass is 16.1. The van der Waals surface area contributed by atoms with Gasteiger partial charge in [-0.15, -0.1) is 0 Å². The molecule has 3 atom stereocenters. The molecule has 1 saturated carbocycles. The smallest absolute Gasteiger partial charge is 0.224 e. The van der Waals surface area contributed by atoms with Crippen LogP contribution in [0.3, 0.4) is 0 Å². The Morgan fingerprint density at radius 1 is 1.15 bits per heavy atom. The number of anilines is 2. The maximum absolute atomic E-state index is 11.3. The standard InChI is InChI=1S/C17H22N2O/c1-2-17(20)19-16-7-5-15(6-8-16)18-11-14-10-12-3-4-13(14)9-12/h3-8,12-14,18H,2,9-11H2,1H3,(H,19,20). The molecule has 106 valence electrons. The van der Waals surface area contributed by atoms with E-state index >= 15 is 0 Å². The summed E-state index contributed by atoms with van der Waals surface area (Å²) in [6.45, 7) is 2.90. The van der Waals surface area contributed by atoms with Gasteiger partial charge in [0.2, 0.25) is 5.91 Å². The topological polar surface area (TPSA) is 41.1 Å². The summed E-state index contributed by atoms with van der Waals surface area (Å²) >= 11 is 0. The molecule has 1 amide bonds. The Morgan fingerprint density at radius 3 is 2.50 bits per heavy atom. The molecule has 2 bridgehead atoms. The Balaban J connectivity index is 1.51. The highest BCUT2D eigenvalue weighted by Gasteiger charge is 2.35. The van der Waals surface area contributed by atoms with Gasteiger partial charge in [0.25, 0.3) is 0 Å². The van der Waals surface area contributed by atoms with Gasteiger partial charge >= 0.3 is 0 Å². The van der Waals surface area contributed by atoms with Crippen molar-refractivity contribution in [2.24, 2.45) is 17.8 Å². The van der Waals surface area contributed by atoms with Crippen LogP contribution in [0.25, 0.3) is 0 Å². The maximum Gasteiger partial charge on any atom is 0.224 e. The van der Waals surface area contributed by atoms with Gasteiger partial charge in [-0.3, -0.25) is 4.79 Å². The van der Waals surface area contributed by atoms with Crippen molar-refractivity contribution in [1.29, 1.82) is 0 Å². The summed E-state index contributed by atoms with van der Waals surface area (Å²) in [5.74, 6) is 2.46. The number of nitrogens with one attached hydrogen (secondary N) is 2. The summed E-state index contributed by atoms with van der Waals surface area (Å²) in [6.07, 6.45) is 7.97. The summed E-state index contributed by atoms with van der Waals surface area (Å²) in [5.41, 5.74) is 2.00. The van der Waals surface area contributed by atoms with Crippen molar-refractivity contribution in [1.82, 2.24) is 0 Å². The Labute approximate surface area is 120 Å². The Bertz CT molecular complexity index is 506. The number of amides is 1. The first-order valence-corrected chi connectivity index (χ1v) is 7.56. The quantitative estimate of drug-likeness (QED) is 0.802. The van der Waals surface area contributed by atoms with Gasteiger partial charge in [-0.05, 0) is 54.9 Å². The third-order valence-electron chi connectivity index (χ3n) is 4.47. The van der Waals surface area contributed by atoms with E-state index < -0.39 is 0 Å². The molecule has 1 aromatic rings. The zero-order valence-electron chi connectivity index (χ0n) is 11.9. The van der Waals surface area contributed by atoms with Gasteiger partial charge in [-0.1, -0.05) is 19.1 Å². The number of hydrogen-bond acceptors (Lipinski definition) is 2. The lowest BCUT2D eigenvalue weighted by Gasteiger charge is -2.19. The van der Waals surface area contributed by atoms with Gasteiger partial charge in [-0.25, -0.2) is 0 Å². The van der Waals surface area contributed by atoms with Crippen LogP contribution in [-0.4, -0.2) is 12.5 Å². The van der Waals surface area contributed by atoms with Crippen LogP contribution in [0.2, 0.25) is 0 Å². The summed E-state index contributed by atoms with van der Waals surface area (Å²) in [5, 5.41) is 6.38. The zero-order chi connectivity index (χ0) is 13.9. The molecule has 2 aliphatic rings. The van der Waals surface area contributed by atoms with Crippen LogP contribution in [0.1, 0.15) is 26.2 Å². The van der Waals surface area contributed by atoms with E-state index in [1.165, 1.54) is 12.8 Å². The molecule has 3 heteroatoms. The van der Waals surface area contributed by atoms with Crippen LogP contribution in [0, 0.1) is 17.8 Å². The third-order valence-corrected chi connectivity index (χ3v) is 4.47. The van der Waals surface area contributed by atoms with Crippen molar-refractivity contribution in [2.45, 2.75) is 26.2 Å². The number of fused-ring (bicyclic) bond motifs is 2. The van der Waals surface area contributed by atoms with E-state index in [1.54, 1.807) is 0 Å². The number of benzene rings is 1. The fourth-order valence-corrected chi connectivity index (χ4v) is 3.30. The number of carbonyl (C=O) groups is 1. The van der Waals surface area contributed by atoms with E-state index in [4.69, 9.17) is 0 Å². The van der Waals surface area contributed by atoms with Crippen LogP contribution in [0.4, 0.5) is 11.4 Å². The third kappa shape index (κ3) is 2.87. The molecular formula is C17H22N2O. The largest absolute Gasteiger partial charge is 0.385 e. The molecule has 3 nitrogen and oxygen atoms in total. The molecule has 0 aromatic heterocycles. The zero-order valence-corrected chi connectivity index (χ0v) is 11.9. The average molecular weight is 270 g/mol. The van der Waals surface area contributed by atoms with Crippen LogP contribution in [0.15, 0.2) is 36.4 Å². The lowest BCUT2D eigenvalue weighted by molar-refractivity contribution is -0.115. The molecule has 3 rings (SSSR count). The van der Waals surface area contributed by atoms with Crippen molar-refractivity contribution >= 4 is 17.3 Å². The normalized spacial score (nSPS) is 26.8. The minimum Gasteiger partial charge on any atom is -0.385 e. The van der Waals surface area contributed by atoms with Crippen molar-refractivity contribution in [2.75, 3.05) is 17.2 Å². The minimum absolute atomic E-state index is 0.0551. The summed E-state index contributed by atoms with van der Waals surface area (Å²) < 4.78 is 0. The van der Waals surface area contributed by atoms with Gasteiger partial charge in [0.1, 0.15) is 0 Å². The molecule has 0 saturated heterocycles. The second-order valence-corrected chi connectivity index (χ2v) is 5.90. The monoisotopic (exact) mass is 270 g/mol. The van der Waals surface area contributed by atoms with Gasteiger partial charge in [0.05, 0.1) is 0 Å². The maximum atomic E-state index is 11.3. The Morgan fingerprint density at radius 2 is 1.90 bits per heavy atom. The van der Waals surface area contributed by atoms with E-state index in [2.05, 4.69) is 22.8 Å². The van der Waals surface area contributed by atoms with E-state index in [0.717, 1.165) is 35.7 Å². The molecule has 3 unspecified atom stereocenters. The first-order valence-electron chi connectivity index (χ1n) is 7.56. The first-order chi connectivity index (χ1) is 9.74. The SMILES string of the molecule is CCC(=O)Nc1ccc(NCC2CC3C=CC2C3)cc1. The number of carbonyl (C=O) groups excluding carboxylic acids is 1. The van der Waals surface area contributed by atoms with E-state index in [9.17, 15) is 4.79 Å². The van der Waals surface area contributed by atoms with Crippen LogP contribution < -0.4 is 10.6 Å². The Kier molecular flexibility index (Phi) is 3.77. The van der Waals surface area contributed by atoms with E-state index in [-0.39, 0.29) is 5.91 Å². The number of hydrogen-bond donors (Lipinski definition) is 2. The second-order valence-electron chi connectivity index (χ2n) is 5.90. The Hall–Kier alpha value is -1.77. The molecular weight excluding hydrogens is 248 g/mol. The molecule has 0 radical (unpaired) electrons. The molecule has 0 heterocycles. The molecule has 2 aliphatic carbocycles. The fraction of sp³-hybridized carbons (Fsp3) is 0.471. The molecule has 20 heavy (non-hydrogen) atoms. The predicted molar refractivity (Wildman–Crippen MR) is 82.7 cm³/mol. The van der Waals surface area contributed by atoms with E-state index in [1.807, 2.05) is 31.2 Å².